The number of esters is 1. The third-order valence-electron chi connectivity index (χ3n) is 4.18. The van der Waals surface area contributed by atoms with Gasteiger partial charge in [0.05, 0.1) is 24.9 Å². The van der Waals surface area contributed by atoms with E-state index < -0.39 is 0 Å². The number of rotatable bonds is 8. The SMILES string of the molecule is CCNC(=NCc1ccc(C(=O)OC)cc1)NCc1c(CC)noc1CC. The van der Waals surface area contributed by atoms with Crippen molar-refractivity contribution in [2.24, 2.45) is 4.99 Å². The van der Waals surface area contributed by atoms with E-state index in [2.05, 4.69) is 34.6 Å². The van der Waals surface area contributed by atoms with Gasteiger partial charge in [0.1, 0.15) is 5.76 Å². The molecule has 7 nitrogen and oxygen atoms in total. The fraction of sp³-hybridized carbons (Fsp3) is 0.450. The van der Waals surface area contributed by atoms with Crippen molar-refractivity contribution in [3.63, 3.8) is 0 Å². The Labute approximate surface area is 160 Å². The summed E-state index contributed by atoms with van der Waals surface area (Å²) in [5.74, 6) is 1.29. The number of aliphatic imine (C=N–C) groups is 1. The zero-order chi connectivity index (χ0) is 19.6. The molecule has 7 heteroatoms. The van der Waals surface area contributed by atoms with E-state index in [1.54, 1.807) is 12.1 Å². The van der Waals surface area contributed by atoms with Crippen LogP contribution in [0.1, 0.15) is 53.7 Å². The Morgan fingerprint density at radius 1 is 1.15 bits per heavy atom. The van der Waals surface area contributed by atoms with Crippen molar-refractivity contribution in [2.45, 2.75) is 46.7 Å². The van der Waals surface area contributed by atoms with Crippen molar-refractivity contribution in [3.8, 4) is 0 Å². The minimum absolute atomic E-state index is 0.341. The fourth-order valence-electron chi connectivity index (χ4n) is 2.69. The molecule has 1 aromatic carbocycles. The highest BCUT2D eigenvalue weighted by Gasteiger charge is 2.13. The molecule has 0 fully saturated rings. The lowest BCUT2D eigenvalue weighted by atomic mass is 10.1. The van der Waals surface area contributed by atoms with Crippen molar-refractivity contribution >= 4 is 11.9 Å². The predicted molar refractivity (Wildman–Crippen MR) is 105 cm³/mol. The number of nitrogens with one attached hydrogen (secondary N) is 2. The van der Waals surface area contributed by atoms with Gasteiger partial charge in [-0.05, 0) is 31.0 Å². The maximum Gasteiger partial charge on any atom is 0.337 e. The molecular weight excluding hydrogens is 344 g/mol. The number of guanidine groups is 1. The topological polar surface area (TPSA) is 88.8 Å². The van der Waals surface area contributed by atoms with Crippen LogP contribution in [0.3, 0.4) is 0 Å². The lowest BCUT2D eigenvalue weighted by Gasteiger charge is -2.12. The summed E-state index contributed by atoms with van der Waals surface area (Å²) in [7, 11) is 1.37. The van der Waals surface area contributed by atoms with Gasteiger partial charge in [-0.1, -0.05) is 31.1 Å². The largest absolute Gasteiger partial charge is 0.465 e. The predicted octanol–water partition coefficient (Wildman–Crippen LogP) is 2.84. The Kier molecular flexibility index (Phi) is 7.85. The third-order valence-corrected chi connectivity index (χ3v) is 4.18. The fourth-order valence-corrected chi connectivity index (χ4v) is 2.69. The monoisotopic (exact) mass is 372 g/mol. The highest BCUT2D eigenvalue weighted by molar-refractivity contribution is 5.89. The number of ether oxygens (including phenoxy) is 1. The van der Waals surface area contributed by atoms with E-state index in [0.717, 1.165) is 47.9 Å². The first-order valence-electron chi connectivity index (χ1n) is 9.28. The first kappa shape index (κ1) is 20.5. The van der Waals surface area contributed by atoms with Gasteiger partial charge >= 0.3 is 5.97 Å². The van der Waals surface area contributed by atoms with Crippen LogP contribution in [-0.4, -0.2) is 30.7 Å². The summed E-state index contributed by atoms with van der Waals surface area (Å²) in [5, 5.41) is 10.7. The van der Waals surface area contributed by atoms with Gasteiger partial charge < -0.3 is 19.9 Å². The van der Waals surface area contributed by atoms with Crippen molar-refractivity contribution in [1.29, 1.82) is 0 Å². The molecule has 0 aliphatic heterocycles. The van der Waals surface area contributed by atoms with Crippen LogP contribution in [-0.2, 0) is 30.7 Å². The molecule has 1 aromatic heterocycles. The molecule has 0 saturated heterocycles. The van der Waals surface area contributed by atoms with Crippen molar-refractivity contribution in [3.05, 3.63) is 52.4 Å². The summed E-state index contributed by atoms with van der Waals surface area (Å²) in [4.78, 5) is 16.1. The van der Waals surface area contributed by atoms with E-state index in [9.17, 15) is 4.79 Å². The first-order chi connectivity index (χ1) is 13.1. The Balaban J connectivity index is 2.04. The standard InChI is InChI=1S/C20H28N4O3/c1-5-17-16(18(6-2)27-24-17)13-23-20(21-7-3)22-12-14-8-10-15(11-9-14)19(25)26-4/h8-11H,5-7,12-13H2,1-4H3,(H2,21,22,23). The number of hydrogen-bond acceptors (Lipinski definition) is 5. The zero-order valence-corrected chi connectivity index (χ0v) is 16.5. The van der Waals surface area contributed by atoms with Crippen LogP contribution in [0, 0.1) is 0 Å². The molecule has 0 atom stereocenters. The normalized spacial score (nSPS) is 11.3. The second kappa shape index (κ2) is 10.4. The van der Waals surface area contributed by atoms with Crippen LogP contribution < -0.4 is 10.6 Å². The molecule has 2 N–H and O–H groups in total. The Bertz CT molecular complexity index is 745. The van der Waals surface area contributed by atoms with E-state index in [1.807, 2.05) is 19.1 Å². The van der Waals surface area contributed by atoms with E-state index in [0.29, 0.717) is 18.7 Å². The molecule has 2 aromatic rings. The number of hydrogen-bond donors (Lipinski definition) is 2. The molecule has 0 radical (unpaired) electrons. The molecule has 0 unspecified atom stereocenters. The molecule has 0 aliphatic rings. The van der Waals surface area contributed by atoms with Gasteiger partial charge in [-0.25, -0.2) is 9.79 Å². The van der Waals surface area contributed by atoms with Gasteiger partial charge in [-0.3, -0.25) is 0 Å². The quantitative estimate of drug-likeness (QED) is 0.421. The van der Waals surface area contributed by atoms with Crippen LogP contribution in [0.2, 0.25) is 0 Å². The number of methoxy groups -OCH3 is 1. The number of aromatic nitrogens is 1. The van der Waals surface area contributed by atoms with Gasteiger partial charge in [0, 0.05) is 25.1 Å². The molecule has 0 bridgehead atoms. The maximum absolute atomic E-state index is 11.5. The van der Waals surface area contributed by atoms with Crippen LogP contribution in [0.15, 0.2) is 33.8 Å². The molecule has 0 spiro atoms. The minimum Gasteiger partial charge on any atom is -0.465 e. The number of carbonyl (C=O) groups excluding carboxylic acids is 1. The average Bonchev–Trinajstić information content (AvgIpc) is 3.11. The van der Waals surface area contributed by atoms with Crippen LogP contribution in [0.5, 0.6) is 0 Å². The number of aryl methyl sites for hydroxylation is 2. The van der Waals surface area contributed by atoms with E-state index in [4.69, 9.17) is 9.26 Å². The van der Waals surface area contributed by atoms with Crippen LogP contribution in [0.25, 0.3) is 0 Å². The minimum atomic E-state index is -0.341. The molecule has 0 saturated carbocycles. The maximum atomic E-state index is 11.5. The molecule has 146 valence electrons. The van der Waals surface area contributed by atoms with Gasteiger partial charge in [-0.2, -0.15) is 0 Å². The summed E-state index contributed by atoms with van der Waals surface area (Å²) < 4.78 is 10.1. The second-order valence-electron chi connectivity index (χ2n) is 5.98. The summed E-state index contributed by atoms with van der Waals surface area (Å²) in [6, 6.07) is 7.25. The summed E-state index contributed by atoms with van der Waals surface area (Å²) in [6.45, 7) is 8.03. The van der Waals surface area contributed by atoms with Gasteiger partial charge in [0.15, 0.2) is 5.96 Å². The summed E-state index contributed by atoms with van der Waals surface area (Å²) in [6.07, 6.45) is 1.64. The third kappa shape index (κ3) is 5.57. The van der Waals surface area contributed by atoms with Crippen molar-refractivity contribution in [1.82, 2.24) is 15.8 Å². The molecular formula is C20H28N4O3. The Morgan fingerprint density at radius 3 is 2.48 bits per heavy atom. The first-order valence-corrected chi connectivity index (χ1v) is 9.28. The molecule has 0 aliphatic carbocycles. The average molecular weight is 372 g/mol. The van der Waals surface area contributed by atoms with E-state index in [-0.39, 0.29) is 5.97 Å². The van der Waals surface area contributed by atoms with Crippen molar-refractivity contribution in [2.75, 3.05) is 13.7 Å². The van der Waals surface area contributed by atoms with Gasteiger partial charge in [-0.15, -0.1) is 0 Å². The van der Waals surface area contributed by atoms with E-state index in [1.165, 1.54) is 7.11 Å². The molecule has 0 amide bonds. The van der Waals surface area contributed by atoms with Crippen LogP contribution in [0.4, 0.5) is 0 Å². The lowest BCUT2D eigenvalue weighted by Crippen LogP contribution is -2.37. The number of carbonyl (C=O) groups is 1. The highest BCUT2D eigenvalue weighted by atomic mass is 16.5. The van der Waals surface area contributed by atoms with Gasteiger partial charge in [0.25, 0.3) is 0 Å². The molecule has 1 heterocycles. The summed E-state index contributed by atoms with van der Waals surface area (Å²) in [5.41, 5.74) is 3.62. The van der Waals surface area contributed by atoms with Gasteiger partial charge in [0.2, 0.25) is 0 Å². The number of nitrogens with zero attached hydrogens (tertiary/aromatic N) is 2. The Hall–Kier alpha value is -2.83. The Morgan fingerprint density at radius 2 is 1.89 bits per heavy atom. The molecule has 27 heavy (non-hydrogen) atoms. The van der Waals surface area contributed by atoms with E-state index >= 15 is 0 Å². The second-order valence-corrected chi connectivity index (χ2v) is 5.98. The zero-order valence-electron chi connectivity index (χ0n) is 16.5. The van der Waals surface area contributed by atoms with Crippen molar-refractivity contribution < 1.29 is 14.1 Å². The molecule has 2 rings (SSSR count). The van der Waals surface area contributed by atoms with Crippen LogP contribution >= 0.6 is 0 Å². The smallest absolute Gasteiger partial charge is 0.337 e. The lowest BCUT2D eigenvalue weighted by molar-refractivity contribution is 0.0600. The summed E-state index contributed by atoms with van der Waals surface area (Å²) >= 11 is 0. The number of benzene rings is 1. The highest BCUT2D eigenvalue weighted by Crippen LogP contribution is 2.15.